The van der Waals surface area contributed by atoms with Crippen molar-refractivity contribution in [1.82, 2.24) is 9.89 Å². The zero-order valence-electron chi connectivity index (χ0n) is 9.04. The van der Waals surface area contributed by atoms with Gasteiger partial charge in [-0.25, -0.2) is 0 Å². The number of hydrogen-bond donors (Lipinski definition) is 2. The first-order chi connectivity index (χ1) is 8.34. The Hall–Kier alpha value is -2.49. The van der Waals surface area contributed by atoms with Gasteiger partial charge in [0.05, 0.1) is 22.8 Å². The maximum absolute atomic E-state index is 9.67. The Morgan fingerprint density at radius 2 is 1.82 bits per heavy atom. The van der Waals surface area contributed by atoms with E-state index < -0.39 is 0 Å². The van der Waals surface area contributed by atoms with E-state index in [4.69, 9.17) is 0 Å². The molecule has 1 aromatic heterocycles. The molecular formula is C13H11N3O. The first-order valence-corrected chi connectivity index (χ1v) is 5.32. The van der Waals surface area contributed by atoms with Crippen LogP contribution in [0.3, 0.4) is 0 Å². The van der Waals surface area contributed by atoms with E-state index in [-0.39, 0.29) is 5.75 Å². The zero-order valence-corrected chi connectivity index (χ0v) is 9.04. The topological polar surface area (TPSA) is 50.1 Å². The zero-order chi connectivity index (χ0) is 11.7. The van der Waals surface area contributed by atoms with E-state index in [1.165, 1.54) is 0 Å². The van der Waals surface area contributed by atoms with E-state index in [1.807, 2.05) is 36.4 Å². The highest BCUT2D eigenvalue weighted by molar-refractivity contribution is 5.85. The normalized spacial score (nSPS) is 10.6. The molecular weight excluding hydrogens is 214 g/mol. The second-order valence-corrected chi connectivity index (χ2v) is 3.74. The van der Waals surface area contributed by atoms with Crippen LogP contribution in [0.5, 0.6) is 5.75 Å². The number of rotatable bonds is 2. The predicted octanol–water partition coefficient (Wildman–Crippen LogP) is 2.62. The van der Waals surface area contributed by atoms with Crippen LogP contribution in [0.4, 0.5) is 5.69 Å². The van der Waals surface area contributed by atoms with Crippen LogP contribution in [0.2, 0.25) is 0 Å². The van der Waals surface area contributed by atoms with E-state index >= 15 is 0 Å². The number of phenolic OH excluding ortho intramolecular Hbond substituents is 1. The van der Waals surface area contributed by atoms with Crippen LogP contribution in [0.1, 0.15) is 0 Å². The lowest BCUT2D eigenvalue weighted by atomic mass is 10.2. The van der Waals surface area contributed by atoms with Crippen LogP contribution in [0, 0.1) is 0 Å². The molecule has 1 heterocycles. The summed E-state index contributed by atoms with van der Waals surface area (Å²) in [4.78, 5) is 1.64. The molecule has 84 valence electrons. The Kier molecular flexibility index (Phi) is 2.19. The minimum absolute atomic E-state index is 0.239. The molecule has 3 aromatic rings. The van der Waals surface area contributed by atoms with Crippen molar-refractivity contribution >= 4 is 16.6 Å². The summed E-state index contributed by atoms with van der Waals surface area (Å²) in [5.74, 6) is 0.239. The van der Waals surface area contributed by atoms with Gasteiger partial charge in [0.25, 0.3) is 0 Å². The molecule has 0 aliphatic rings. The van der Waals surface area contributed by atoms with Crippen LogP contribution in [0.15, 0.2) is 54.7 Å². The summed E-state index contributed by atoms with van der Waals surface area (Å²) in [5.41, 5.74) is 4.94. The minimum Gasteiger partial charge on any atom is -0.507 e. The van der Waals surface area contributed by atoms with Crippen LogP contribution >= 0.6 is 0 Å². The highest BCUT2D eigenvalue weighted by Gasteiger charge is 2.05. The average molecular weight is 225 g/mol. The summed E-state index contributed by atoms with van der Waals surface area (Å²) >= 11 is 0. The van der Waals surface area contributed by atoms with Gasteiger partial charge in [-0.2, -0.15) is 9.89 Å². The van der Waals surface area contributed by atoms with Crippen LogP contribution in [0.25, 0.3) is 10.9 Å². The van der Waals surface area contributed by atoms with Gasteiger partial charge < -0.3 is 5.11 Å². The lowest BCUT2D eigenvalue weighted by Crippen LogP contribution is -2.09. The predicted molar refractivity (Wildman–Crippen MR) is 66.9 cm³/mol. The van der Waals surface area contributed by atoms with Gasteiger partial charge in [-0.05, 0) is 24.3 Å². The number of aromatic nitrogens is 2. The van der Waals surface area contributed by atoms with E-state index in [2.05, 4.69) is 10.5 Å². The molecule has 3 rings (SSSR count). The van der Waals surface area contributed by atoms with Gasteiger partial charge in [-0.15, -0.1) is 0 Å². The summed E-state index contributed by atoms with van der Waals surface area (Å²) in [6, 6.07) is 15.1. The van der Waals surface area contributed by atoms with Crippen molar-refractivity contribution in [3.63, 3.8) is 0 Å². The lowest BCUT2D eigenvalue weighted by molar-refractivity contribution is 0.481. The van der Waals surface area contributed by atoms with Crippen LogP contribution in [-0.2, 0) is 0 Å². The molecule has 0 unspecified atom stereocenters. The van der Waals surface area contributed by atoms with Crippen molar-refractivity contribution in [3.8, 4) is 5.75 Å². The van der Waals surface area contributed by atoms with Crippen LogP contribution < -0.4 is 5.43 Å². The van der Waals surface area contributed by atoms with Gasteiger partial charge in [-0.1, -0.05) is 24.3 Å². The molecule has 2 N–H and O–H groups in total. The van der Waals surface area contributed by atoms with Crippen molar-refractivity contribution in [2.24, 2.45) is 0 Å². The second kappa shape index (κ2) is 3.83. The number of para-hydroxylation sites is 1. The highest BCUT2D eigenvalue weighted by atomic mass is 16.3. The monoisotopic (exact) mass is 225 g/mol. The molecule has 0 saturated heterocycles. The number of phenols is 1. The molecule has 0 aliphatic heterocycles. The van der Waals surface area contributed by atoms with Gasteiger partial charge >= 0.3 is 0 Å². The second-order valence-electron chi connectivity index (χ2n) is 3.74. The van der Waals surface area contributed by atoms with E-state index in [1.54, 1.807) is 23.1 Å². The van der Waals surface area contributed by atoms with Crippen LogP contribution in [-0.4, -0.2) is 15.0 Å². The first-order valence-electron chi connectivity index (χ1n) is 5.32. The minimum atomic E-state index is 0.239. The number of nitrogens with one attached hydrogen (secondary N) is 1. The van der Waals surface area contributed by atoms with Crippen molar-refractivity contribution in [2.45, 2.75) is 0 Å². The SMILES string of the molecule is Oc1cccc2c1cnn2Nc1ccccc1. The summed E-state index contributed by atoms with van der Waals surface area (Å²) in [6.07, 6.45) is 1.64. The van der Waals surface area contributed by atoms with E-state index in [0.29, 0.717) is 0 Å². The van der Waals surface area contributed by atoms with Gasteiger partial charge in [0.2, 0.25) is 0 Å². The first kappa shape index (κ1) is 9.72. The summed E-state index contributed by atoms with van der Waals surface area (Å²) in [7, 11) is 0. The molecule has 0 atom stereocenters. The summed E-state index contributed by atoms with van der Waals surface area (Å²) in [6.45, 7) is 0. The quantitative estimate of drug-likeness (QED) is 0.704. The average Bonchev–Trinajstić information content (AvgIpc) is 2.76. The molecule has 0 aliphatic carbocycles. The van der Waals surface area contributed by atoms with E-state index in [0.717, 1.165) is 16.6 Å². The largest absolute Gasteiger partial charge is 0.507 e. The van der Waals surface area contributed by atoms with Gasteiger partial charge in [0, 0.05) is 0 Å². The number of aromatic hydroxyl groups is 1. The van der Waals surface area contributed by atoms with Crippen molar-refractivity contribution in [2.75, 3.05) is 5.43 Å². The Bertz CT molecular complexity index is 646. The number of nitrogens with zero attached hydrogens (tertiary/aromatic N) is 2. The molecule has 0 saturated carbocycles. The highest BCUT2D eigenvalue weighted by Crippen LogP contribution is 2.23. The van der Waals surface area contributed by atoms with Crippen molar-refractivity contribution < 1.29 is 5.11 Å². The van der Waals surface area contributed by atoms with Gasteiger partial charge in [-0.3, -0.25) is 5.43 Å². The van der Waals surface area contributed by atoms with Gasteiger partial charge in [0.15, 0.2) is 0 Å². The number of anilines is 1. The van der Waals surface area contributed by atoms with Crippen molar-refractivity contribution in [3.05, 3.63) is 54.7 Å². The smallest absolute Gasteiger partial charge is 0.126 e. The van der Waals surface area contributed by atoms with Crippen molar-refractivity contribution in [1.29, 1.82) is 0 Å². The fourth-order valence-corrected chi connectivity index (χ4v) is 1.76. The molecule has 17 heavy (non-hydrogen) atoms. The van der Waals surface area contributed by atoms with E-state index in [9.17, 15) is 5.11 Å². The molecule has 2 aromatic carbocycles. The lowest BCUT2D eigenvalue weighted by Gasteiger charge is -2.06. The third-order valence-electron chi connectivity index (χ3n) is 2.60. The Morgan fingerprint density at radius 3 is 2.65 bits per heavy atom. The molecule has 0 spiro atoms. The fraction of sp³-hybridized carbons (Fsp3) is 0. The molecule has 4 heteroatoms. The molecule has 4 nitrogen and oxygen atoms in total. The standard InChI is InChI=1S/C13H11N3O/c17-13-8-4-7-12-11(13)9-14-16(12)15-10-5-2-1-3-6-10/h1-9,15,17H. The molecule has 0 radical (unpaired) electrons. The number of benzene rings is 2. The third-order valence-corrected chi connectivity index (χ3v) is 2.60. The maximum atomic E-state index is 9.67. The summed E-state index contributed by atoms with van der Waals surface area (Å²) < 4.78 is 0. The Balaban J connectivity index is 2.05. The fourth-order valence-electron chi connectivity index (χ4n) is 1.76. The number of fused-ring (bicyclic) bond motifs is 1. The van der Waals surface area contributed by atoms with Gasteiger partial charge in [0.1, 0.15) is 5.75 Å². The number of hydrogen-bond acceptors (Lipinski definition) is 3. The molecule has 0 amide bonds. The molecule has 0 fully saturated rings. The Labute approximate surface area is 98.1 Å². The Morgan fingerprint density at radius 1 is 1.00 bits per heavy atom. The maximum Gasteiger partial charge on any atom is 0.126 e. The third kappa shape index (κ3) is 1.69. The summed E-state index contributed by atoms with van der Waals surface area (Å²) in [5, 5.41) is 14.6. The molecule has 0 bridgehead atoms.